The monoisotopic (exact) mass is 708 g/mol. The fraction of sp³-hybridized carbons (Fsp3) is 0.757. The topological polar surface area (TPSA) is 188 Å². The van der Waals surface area contributed by atoms with Crippen LogP contribution < -0.4 is 5.32 Å². The zero-order valence-electron chi connectivity index (χ0n) is 30.7. The number of carboxylic acid groups (broad SMARTS) is 1. The van der Waals surface area contributed by atoms with Gasteiger partial charge in [-0.05, 0) is 58.1 Å². The van der Waals surface area contributed by atoms with Crippen molar-refractivity contribution >= 4 is 18.0 Å². The summed E-state index contributed by atoms with van der Waals surface area (Å²) >= 11 is 0. The highest BCUT2D eigenvalue weighted by molar-refractivity contribution is 5.70. The van der Waals surface area contributed by atoms with Gasteiger partial charge in [0, 0.05) is 57.5 Å². The largest absolute Gasteiger partial charge is 0.481 e. The van der Waals surface area contributed by atoms with Crippen LogP contribution in [0.15, 0.2) is 36.0 Å². The molecule has 13 heteroatoms. The highest BCUT2D eigenvalue weighted by Crippen LogP contribution is 2.37. The standard InChI is InChI=1S/C37H60N2O11/c1-8-28(41)25(4)34-29(48-34)21-36(5,46)16-9-10-23(2)33-24(3)11-13-30(37(6,47-7)17-15-27(40)20-32(44)50-33)49-35(45)39-19-18-38-26(22-39)12-14-31(42)43/h9-11,13,16,24-30,33-34,38,40-41,46H,8,12,14-15,17-22H2,1-7H3,(H,42,43)/b13-11+,16-9+,23-10+/t24-,25?,26+,27+,28?,29+,30-,33+,34+,36?,37+/m0/s1. The highest BCUT2D eigenvalue weighted by Gasteiger charge is 2.47. The molecule has 13 nitrogen and oxygen atoms in total. The number of epoxide rings is 1. The molecule has 3 heterocycles. The lowest BCUT2D eigenvalue weighted by Gasteiger charge is -2.38. The molecule has 3 aliphatic rings. The molecule has 11 atom stereocenters. The molecular weight excluding hydrogens is 648 g/mol. The molecule has 0 saturated carbocycles. The average molecular weight is 709 g/mol. The van der Waals surface area contributed by atoms with Gasteiger partial charge in [0.2, 0.25) is 0 Å². The number of piperazine rings is 1. The molecule has 0 aromatic carbocycles. The van der Waals surface area contributed by atoms with Crippen molar-refractivity contribution < 1.29 is 53.8 Å². The van der Waals surface area contributed by atoms with E-state index in [1.54, 1.807) is 43.1 Å². The van der Waals surface area contributed by atoms with E-state index in [9.17, 15) is 29.7 Å². The first-order chi connectivity index (χ1) is 23.5. The first kappa shape index (κ1) is 41.6. The van der Waals surface area contributed by atoms with Gasteiger partial charge in [0.15, 0.2) is 6.10 Å². The van der Waals surface area contributed by atoms with Crippen LogP contribution in [0.2, 0.25) is 0 Å². The second-order valence-corrected chi connectivity index (χ2v) is 14.7. The lowest BCUT2D eigenvalue weighted by molar-refractivity contribution is -0.151. The van der Waals surface area contributed by atoms with Crippen LogP contribution in [0.5, 0.6) is 0 Å². The normalized spacial score (nSPS) is 34.4. The van der Waals surface area contributed by atoms with Gasteiger partial charge in [-0.3, -0.25) is 9.59 Å². The molecular formula is C37H60N2O11. The maximum Gasteiger partial charge on any atom is 0.410 e. The van der Waals surface area contributed by atoms with Crippen molar-refractivity contribution in [3.63, 3.8) is 0 Å². The number of hydrogen-bond donors (Lipinski definition) is 5. The van der Waals surface area contributed by atoms with Crippen LogP contribution in [0.3, 0.4) is 0 Å². The third kappa shape index (κ3) is 12.4. The molecule has 284 valence electrons. The Hall–Kier alpha value is -2.81. The van der Waals surface area contributed by atoms with Gasteiger partial charge in [-0.25, -0.2) is 4.79 Å². The number of cyclic esters (lactones) is 1. The number of aliphatic hydroxyl groups is 3. The van der Waals surface area contributed by atoms with Crippen molar-refractivity contribution in [2.75, 3.05) is 26.7 Å². The number of hydrogen-bond acceptors (Lipinski definition) is 11. The number of methoxy groups -OCH3 is 1. The average Bonchev–Trinajstić information content (AvgIpc) is 3.83. The number of allylic oxidation sites excluding steroid dienone is 2. The smallest absolute Gasteiger partial charge is 0.410 e. The Kier molecular flexibility index (Phi) is 15.5. The number of aliphatic hydroxyl groups excluding tert-OH is 2. The van der Waals surface area contributed by atoms with Gasteiger partial charge in [0.05, 0.1) is 36.4 Å². The number of carboxylic acids is 1. The number of carbonyl (C=O) groups excluding carboxylic acids is 2. The van der Waals surface area contributed by atoms with Crippen molar-refractivity contribution in [3.05, 3.63) is 36.0 Å². The quantitative estimate of drug-likeness (QED) is 0.0813. The number of ether oxygens (including phenoxy) is 4. The van der Waals surface area contributed by atoms with Gasteiger partial charge in [-0.2, -0.15) is 0 Å². The SMILES string of the molecule is CCC(O)C(C)[C@H]1O[C@@H]1CC(C)(O)/C=C/C=C(\C)[C@H]1OC(=O)C[C@H](O)CC[C@@](C)(OC)[C@@H](OC(=O)N2CCN[C@H](CCC(=O)O)C2)/C=C/[C@@H]1C. The molecule has 3 aliphatic heterocycles. The van der Waals surface area contributed by atoms with Crippen LogP contribution in [0, 0.1) is 11.8 Å². The summed E-state index contributed by atoms with van der Waals surface area (Å²) in [5.41, 5.74) is -1.50. The van der Waals surface area contributed by atoms with Crippen LogP contribution >= 0.6 is 0 Å². The van der Waals surface area contributed by atoms with Crippen molar-refractivity contribution in [2.45, 2.75) is 140 Å². The Labute approximate surface area is 296 Å². The van der Waals surface area contributed by atoms with E-state index in [1.807, 2.05) is 33.8 Å². The van der Waals surface area contributed by atoms with Crippen LogP contribution in [-0.4, -0.2) is 124 Å². The summed E-state index contributed by atoms with van der Waals surface area (Å²) in [4.78, 5) is 39.0. The number of esters is 1. The molecule has 5 N–H and O–H groups in total. The summed E-state index contributed by atoms with van der Waals surface area (Å²) in [6, 6.07) is -0.173. The van der Waals surface area contributed by atoms with Gasteiger partial charge < -0.3 is 49.6 Å². The first-order valence-electron chi connectivity index (χ1n) is 17.9. The molecule has 3 unspecified atom stereocenters. The fourth-order valence-electron chi connectivity index (χ4n) is 6.67. The van der Waals surface area contributed by atoms with E-state index in [-0.39, 0.29) is 55.8 Å². The predicted molar refractivity (Wildman–Crippen MR) is 186 cm³/mol. The number of aliphatic carboxylic acids is 1. The third-order valence-electron chi connectivity index (χ3n) is 10.3. The first-order valence-corrected chi connectivity index (χ1v) is 17.9. The van der Waals surface area contributed by atoms with E-state index in [4.69, 9.17) is 24.1 Å². The van der Waals surface area contributed by atoms with E-state index >= 15 is 0 Å². The molecule has 2 saturated heterocycles. The predicted octanol–water partition coefficient (Wildman–Crippen LogP) is 3.50. The molecule has 0 bridgehead atoms. The Morgan fingerprint density at radius 2 is 2.02 bits per heavy atom. The van der Waals surface area contributed by atoms with E-state index in [1.165, 1.54) is 7.11 Å². The Morgan fingerprint density at radius 3 is 2.68 bits per heavy atom. The summed E-state index contributed by atoms with van der Waals surface area (Å²) in [5, 5.41) is 44.3. The molecule has 0 aliphatic carbocycles. The minimum absolute atomic E-state index is 0.0112. The zero-order valence-corrected chi connectivity index (χ0v) is 30.7. The Bertz CT molecular complexity index is 1240. The Morgan fingerprint density at radius 1 is 1.30 bits per heavy atom. The van der Waals surface area contributed by atoms with Crippen LogP contribution in [0.4, 0.5) is 4.79 Å². The molecule has 0 aromatic heterocycles. The highest BCUT2D eigenvalue weighted by atomic mass is 16.6. The van der Waals surface area contributed by atoms with E-state index in [0.29, 0.717) is 44.5 Å². The summed E-state index contributed by atoms with van der Waals surface area (Å²) in [7, 11) is 1.51. The molecule has 2 fully saturated rings. The van der Waals surface area contributed by atoms with Crippen molar-refractivity contribution in [1.29, 1.82) is 0 Å². The summed E-state index contributed by atoms with van der Waals surface area (Å²) in [6.45, 7) is 12.3. The molecule has 0 radical (unpaired) electrons. The van der Waals surface area contributed by atoms with Gasteiger partial charge >= 0.3 is 18.0 Å². The fourth-order valence-corrected chi connectivity index (χ4v) is 6.67. The second-order valence-electron chi connectivity index (χ2n) is 14.7. The van der Waals surface area contributed by atoms with E-state index in [0.717, 1.165) is 0 Å². The lowest BCUT2D eigenvalue weighted by atomic mass is 9.88. The zero-order chi connectivity index (χ0) is 37.2. The minimum Gasteiger partial charge on any atom is -0.481 e. The van der Waals surface area contributed by atoms with Crippen LogP contribution in [-0.2, 0) is 28.5 Å². The maximum absolute atomic E-state index is 13.5. The summed E-state index contributed by atoms with van der Waals surface area (Å²) in [6.07, 6.45) is 6.52. The molecule has 0 aromatic rings. The maximum atomic E-state index is 13.5. The third-order valence-corrected chi connectivity index (χ3v) is 10.3. The molecule has 3 rings (SSSR count). The van der Waals surface area contributed by atoms with Crippen molar-refractivity contribution in [3.8, 4) is 0 Å². The molecule has 50 heavy (non-hydrogen) atoms. The van der Waals surface area contributed by atoms with Gasteiger partial charge in [0.25, 0.3) is 0 Å². The molecule has 0 spiro atoms. The minimum atomic E-state index is -1.17. The Balaban J connectivity index is 1.77. The number of nitrogens with zero attached hydrogens (tertiary/aromatic N) is 1. The van der Waals surface area contributed by atoms with Crippen molar-refractivity contribution in [1.82, 2.24) is 10.2 Å². The van der Waals surface area contributed by atoms with E-state index < -0.39 is 53.6 Å². The lowest BCUT2D eigenvalue weighted by Crippen LogP contribution is -2.54. The van der Waals surface area contributed by atoms with Gasteiger partial charge in [-0.1, -0.05) is 45.1 Å². The summed E-state index contributed by atoms with van der Waals surface area (Å²) in [5.74, 6) is -1.85. The van der Waals surface area contributed by atoms with Crippen LogP contribution in [0.1, 0.15) is 86.5 Å². The summed E-state index contributed by atoms with van der Waals surface area (Å²) < 4.78 is 23.6. The van der Waals surface area contributed by atoms with Crippen LogP contribution in [0.25, 0.3) is 0 Å². The second kappa shape index (κ2) is 18.6. The van der Waals surface area contributed by atoms with Gasteiger partial charge in [0.1, 0.15) is 11.7 Å². The number of amides is 1. The number of nitrogens with one attached hydrogen (secondary N) is 1. The molecule has 1 amide bonds. The number of rotatable bonds is 13. The number of carbonyl (C=O) groups is 3. The van der Waals surface area contributed by atoms with E-state index in [2.05, 4.69) is 5.32 Å². The van der Waals surface area contributed by atoms with Crippen molar-refractivity contribution in [2.24, 2.45) is 11.8 Å². The van der Waals surface area contributed by atoms with Gasteiger partial charge in [-0.15, -0.1) is 0 Å².